The molecule has 2 atom stereocenters. The van der Waals surface area contributed by atoms with Crippen molar-refractivity contribution < 1.29 is 9.90 Å². The van der Waals surface area contributed by atoms with Gasteiger partial charge >= 0.3 is 0 Å². The molecule has 0 aromatic carbocycles. The molecule has 2 fully saturated rings. The Labute approximate surface area is 114 Å². The first-order chi connectivity index (χ1) is 9.19. The Balaban J connectivity index is 1.83. The maximum atomic E-state index is 12.2. The predicted octanol–water partition coefficient (Wildman–Crippen LogP) is 1.26. The van der Waals surface area contributed by atoms with Gasteiger partial charge in [0.05, 0.1) is 12.6 Å². The summed E-state index contributed by atoms with van der Waals surface area (Å²) in [7, 11) is 0. The molecule has 4 heterocycles. The summed E-state index contributed by atoms with van der Waals surface area (Å²) in [6.45, 7) is 2.70. The molecule has 4 rings (SSSR count). The molecule has 0 spiro atoms. The molecule has 19 heavy (non-hydrogen) atoms. The van der Waals surface area contributed by atoms with Crippen LogP contribution in [0.15, 0.2) is 11.3 Å². The molecule has 0 radical (unpaired) electrons. The van der Waals surface area contributed by atoms with E-state index in [-0.39, 0.29) is 11.9 Å². The third-order valence-electron chi connectivity index (χ3n) is 5.35. The van der Waals surface area contributed by atoms with E-state index in [1.807, 2.05) is 4.90 Å². The fraction of sp³-hybridized carbons (Fsp3) is 0.800. The number of aliphatic hydroxyl groups is 1. The quantitative estimate of drug-likeness (QED) is 0.714. The number of fused-ring (bicyclic) bond motifs is 2. The monoisotopic (exact) mass is 262 g/mol. The Morgan fingerprint density at radius 1 is 1.16 bits per heavy atom. The van der Waals surface area contributed by atoms with Crippen LogP contribution in [-0.4, -0.2) is 52.1 Å². The predicted molar refractivity (Wildman–Crippen MR) is 71.4 cm³/mol. The van der Waals surface area contributed by atoms with Crippen LogP contribution in [0.2, 0.25) is 0 Å². The molecule has 0 aromatic heterocycles. The summed E-state index contributed by atoms with van der Waals surface area (Å²) in [5.74, 6) is 0.249. The number of carbonyl (C=O) groups excluding carboxylic acids is 1. The second-order valence-corrected chi connectivity index (χ2v) is 6.53. The summed E-state index contributed by atoms with van der Waals surface area (Å²) in [6.07, 6.45) is 6.87. The fourth-order valence-electron chi connectivity index (χ4n) is 4.63. The third kappa shape index (κ3) is 1.59. The SMILES string of the molecule is O=C1CCC[C@@H]2C3=C4N(CCC3)CCC[C@@]4(O)CN12. The third-order valence-corrected chi connectivity index (χ3v) is 5.35. The molecule has 0 bridgehead atoms. The molecule has 0 saturated carbocycles. The van der Waals surface area contributed by atoms with Crippen LogP contribution in [0.1, 0.15) is 44.9 Å². The zero-order chi connectivity index (χ0) is 13.0. The fourth-order valence-corrected chi connectivity index (χ4v) is 4.63. The maximum Gasteiger partial charge on any atom is 0.223 e. The number of nitrogens with zero attached hydrogens (tertiary/aromatic N) is 2. The van der Waals surface area contributed by atoms with Crippen LogP contribution in [0.5, 0.6) is 0 Å². The first kappa shape index (κ1) is 11.8. The highest BCUT2D eigenvalue weighted by Crippen LogP contribution is 2.45. The molecule has 4 heteroatoms. The van der Waals surface area contributed by atoms with Crippen LogP contribution >= 0.6 is 0 Å². The van der Waals surface area contributed by atoms with E-state index >= 15 is 0 Å². The van der Waals surface area contributed by atoms with Crippen LogP contribution in [0.25, 0.3) is 0 Å². The largest absolute Gasteiger partial charge is 0.382 e. The van der Waals surface area contributed by atoms with Gasteiger partial charge in [0.1, 0.15) is 5.60 Å². The summed E-state index contributed by atoms with van der Waals surface area (Å²) in [5, 5.41) is 11.1. The number of hydrogen-bond donors (Lipinski definition) is 1. The number of carbonyl (C=O) groups is 1. The first-order valence-electron chi connectivity index (χ1n) is 7.69. The Hall–Kier alpha value is -1.03. The Morgan fingerprint density at radius 3 is 2.89 bits per heavy atom. The Morgan fingerprint density at radius 2 is 2.00 bits per heavy atom. The average Bonchev–Trinajstić information content (AvgIpc) is 2.40. The van der Waals surface area contributed by atoms with Crippen molar-refractivity contribution in [1.82, 2.24) is 9.80 Å². The molecule has 1 N–H and O–H groups in total. The normalized spacial score (nSPS) is 38.2. The van der Waals surface area contributed by atoms with Crippen molar-refractivity contribution in [3.05, 3.63) is 11.3 Å². The van der Waals surface area contributed by atoms with Gasteiger partial charge in [0.25, 0.3) is 0 Å². The number of amides is 1. The van der Waals surface area contributed by atoms with Gasteiger partial charge in [-0.05, 0) is 44.1 Å². The summed E-state index contributed by atoms with van der Waals surface area (Å²) in [4.78, 5) is 16.6. The lowest BCUT2D eigenvalue weighted by Crippen LogP contribution is -2.63. The van der Waals surface area contributed by atoms with Crippen molar-refractivity contribution in [2.75, 3.05) is 19.6 Å². The summed E-state index contributed by atoms with van der Waals surface area (Å²) >= 11 is 0. The van der Waals surface area contributed by atoms with E-state index in [2.05, 4.69) is 4.90 Å². The number of rotatable bonds is 0. The topological polar surface area (TPSA) is 43.8 Å². The average molecular weight is 262 g/mol. The lowest BCUT2D eigenvalue weighted by Gasteiger charge is -2.55. The van der Waals surface area contributed by atoms with E-state index in [4.69, 9.17) is 0 Å². The highest BCUT2D eigenvalue weighted by Gasteiger charge is 2.50. The van der Waals surface area contributed by atoms with Crippen molar-refractivity contribution >= 4 is 5.91 Å². The van der Waals surface area contributed by atoms with Crippen molar-refractivity contribution in [2.45, 2.75) is 56.6 Å². The number of hydrogen-bond acceptors (Lipinski definition) is 3. The van der Waals surface area contributed by atoms with Gasteiger partial charge in [-0.15, -0.1) is 0 Å². The van der Waals surface area contributed by atoms with Crippen molar-refractivity contribution in [3.8, 4) is 0 Å². The molecule has 0 aliphatic carbocycles. The molecule has 4 nitrogen and oxygen atoms in total. The first-order valence-corrected chi connectivity index (χ1v) is 7.69. The van der Waals surface area contributed by atoms with Crippen LogP contribution in [0, 0.1) is 0 Å². The van der Waals surface area contributed by atoms with Gasteiger partial charge in [0.2, 0.25) is 5.91 Å². The van der Waals surface area contributed by atoms with Gasteiger partial charge in [0.15, 0.2) is 0 Å². The van der Waals surface area contributed by atoms with Gasteiger partial charge in [-0.1, -0.05) is 0 Å². The van der Waals surface area contributed by atoms with Crippen molar-refractivity contribution in [2.24, 2.45) is 0 Å². The highest BCUT2D eigenvalue weighted by molar-refractivity contribution is 5.78. The second-order valence-electron chi connectivity index (χ2n) is 6.53. The minimum Gasteiger partial charge on any atom is -0.382 e. The lowest BCUT2D eigenvalue weighted by atomic mass is 9.74. The van der Waals surface area contributed by atoms with Crippen molar-refractivity contribution in [3.63, 3.8) is 0 Å². The van der Waals surface area contributed by atoms with Gasteiger partial charge in [-0.3, -0.25) is 4.79 Å². The van der Waals surface area contributed by atoms with E-state index < -0.39 is 5.60 Å². The molecule has 4 aliphatic rings. The molecule has 2 saturated heterocycles. The summed E-state index contributed by atoms with van der Waals surface area (Å²) < 4.78 is 0. The van der Waals surface area contributed by atoms with Crippen LogP contribution in [-0.2, 0) is 4.79 Å². The minimum absolute atomic E-state index is 0.249. The van der Waals surface area contributed by atoms with Crippen LogP contribution < -0.4 is 0 Å². The zero-order valence-corrected chi connectivity index (χ0v) is 11.4. The van der Waals surface area contributed by atoms with Gasteiger partial charge in [-0.25, -0.2) is 0 Å². The molecular weight excluding hydrogens is 240 g/mol. The Kier molecular flexibility index (Phi) is 2.47. The standard InChI is InChI=1S/C15H22N2O2/c18-13-6-1-5-12-11-4-2-8-16-9-3-7-15(19,14(11)16)10-17(12)13/h12,19H,1-10H2/t12-,15-/m1/s1. The molecule has 104 valence electrons. The lowest BCUT2D eigenvalue weighted by molar-refractivity contribution is -0.143. The highest BCUT2D eigenvalue weighted by atomic mass is 16.3. The zero-order valence-electron chi connectivity index (χ0n) is 11.4. The summed E-state index contributed by atoms with van der Waals surface area (Å²) in [5.41, 5.74) is 1.84. The van der Waals surface area contributed by atoms with E-state index in [9.17, 15) is 9.90 Å². The second kappa shape index (κ2) is 3.98. The molecule has 0 unspecified atom stereocenters. The Bertz CT molecular complexity index is 459. The molecular formula is C15H22N2O2. The maximum absolute atomic E-state index is 12.2. The van der Waals surface area contributed by atoms with E-state index in [0.717, 1.165) is 45.2 Å². The van der Waals surface area contributed by atoms with Gasteiger partial charge < -0.3 is 14.9 Å². The molecule has 0 aromatic rings. The molecule has 1 amide bonds. The number of piperidine rings is 2. The van der Waals surface area contributed by atoms with Crippen LogP contribution in [0.3, 0.4) is 0 Å². The smallest absolute Gasteiger partial charge is 0.223 e. The van der Waals surface area contributed by atoms with E-state index in [1.54, 1.807) is 0 Å². The van der Waals surface area contributed by atoms with Gasteiger partial charge in [0, 0.05) is 25.2 Å². The van der Waals surface area contributed by atoms with Gasteiger partial charge in [-0.2, -0.15) is 0 Å². The summed E-state index contributed by atoms with van der Waals surface area (Å²) in [6, 6.07) is 0.289. The molecule has 4 aliphatic heterocycles. The van der Waals surface area contributed by atoms with Crippen molar-refractivity contribution in [1.29, 1.82) is 0 Å². The minimum atomic E-state index is -0.752. The van der Waals surface area contributed by atoms with E-state index in [0.29, 0.717) is 13.0 Å². The van der Waals surface area contributed by atoms with E-state index in [1.165, 1.54) is 17.7 Å². The van der Waals surface area contributed by atoms with Crippen LogP contribution in [0.4, 0.5) is 0 Å².